The Balaban J connectivity index is 1.66. The maximum atomic E-state index is 13.6. The van der Waals surface area contributed by atoms with Gasteiger partial charge < -0.3 is 5.32 Å². The first-order valence-electron chi connectivity index (χ1n) is 8.55. The molecule has 0 radical (unpaired) electrons. The Hall–Kier alpha value is -3.02. The van der Waals surface area contributed by atoms with Gasteiger partial charge >= 0.3 is 0 Å². The third-order valence-electron chi connectivity index (χ3n) is 3.90. The first-order valence-corrected chi connectivity index (χ1v) is 11.3. The van der Waals surface area contributed by atoms with E-state index in [1.807, 2.05) is 0 Å². The number of benzene rings is 2. The Labute approximate surface area is 182 Å². The first kappa shape index (κ1) is 21.7. The topological polar surface area (TPSA) is 99.3 Å². The molecule has 11 heteroatoms. The highest BCUT2D eigenvalue weighted by Crippen LogP contribution is 2.22. The molecule has 3 rings (SSSR count). The number of para-hydroxylation sites is 1. The molecule has 1 amide bonds. The fourth-order valence-electron chi connectivity index (χ4n) is 2.40. The highest BCUT2D eigenvalue weighted by Gasteiger charge is 2.19. The second-order valence-corrected chi connectivity index (χ2v) is 9.35. The molecule has 0 aliphatic heterocycles. The number of halogens is 1. The average molecular weight is 465 g/mol. The van der Waals surface area contributed by atoms with Crippen molar-refractivity contribution in [2.45, 2.75) is 11.1 Å². The maximum Gasteiger partial charge on any atom is 0.271 e. The number of nitrogens with one attached hydrogen (secondary N) is 4. The minimum atomic E-state index is -3.81. The summed E-state index contributed by atoms with van der Waals surface area (Å²) in [5.74, 6) is -1.00. The number of aryl methyl sites for hydroxylation is 1. The van der Waals surface area contributed by atoms with Gasteiger partial charge in [-0.15, -0.1) is 11.3 Å². The van der Waals surface area contributed by atoms with Gasteiger partial charge in [-0.3, -0.25) is 20.4 Å². The van der Waals surface area contributed by atoms with Gasteiger partial charge in [0.1, 0.15) is 10.0 Å². The van der Waals surface area contributed by atoms with Crippen molar-refractivity contribution < 1.29 is 17.6 Å². The van der Waals surface area contributed by atoms with Gasteiger partial charge in [0, 0.05) is 5.69 Å². The number of hydrogen-bond acceptors (Lipinski definition) is 5. The van der Waals surface area contributed by atoms with E-state index < -0.39 is 21.7 Å². The zero-order valence-electron chi connectivity index (χ0n) is 15.6. The van der Waals surface area contributed by atoms with Crippen molar-refractivity contribution in [1.29, 1.82) is 0 Å². The predicted molar refractivity (Wildman–Crippen MR) is 120 cm³/mol. The van der Waals surface area contributed by atoms with Gasteiger partial charge in [0.05, 0.1) is 11.3 Å². The molecule has 156 valence electrons. The molecule has 0 aliphatic rings. The summed E-state index contributed by atoms with van der Waals surface area (Å²) in [6, 6.07) is 13.8. The highest BCUT2D eigenvalue weighted by atomic mass is 32.2. The SMILES string of the molecule is Cc1ccc(NC(=S)NNC(=O)c2ccccc2NS(=O)(=O)c2cccs2)cc1F. The molecule has 3 aromatic rings. The molecule has 0 bridgehead atoms. The molecular formula is C19H17FN4O3S3. The van der Waals surface area contributed by atoms with E-state index in [4.69, 9.17) is 12.2 Å². The van der Waals surface area contributed by atoms with Crippen LogP contribution in [0, 0.1) is 12.7 Å². The number of carbonyl (C=O) groups excluding carboxylic acids is 1. The number of hydrazine groups is 1. The summed E-state index contributed by atoms with van der Waals surface area (Å²) in [6.45, 7) is 1.64. The summed E-state index contributed by atoms with van der Waals surface area (Å²) in [5, 5.41) is 4.42. The Kier molecular flexibility index (Phi) is 6.65. The van der Waals surface area contributed by atoms with Crippen LogP contribution in [-0.4, -0.2) is 19.4 Å². The van der Waals surface area contributed by atoms with Crippen LogP contribution in [0.15, 0.2) is 64.2 Å². The third-order valence-corrected chi connectivity index (χ3v) is 6.86. The second kappa shape index (κ2) is 9.20. The lowest BCUT2D eigenvalue weighted by Gasteiger charge is -2.14. The van der Waals surface area contributed by atoms with Gasteiger partial charge in [-0.2, -0.15) is 0 Å². The molecule has 30 heavy (non-hydrogen) atoms. The van der Waals surface area contributed by atoms with Gasteiger partial charge in [-0.25, -0.2) is 12.8 Å². The normalized spacial score (nSPS) is 10.9. The molecule has 0 saturated heterocycles. The fourth-order valence-corrected chi connectivity index (χ4v) is 4.64. The number of carbonyl (C=O) groups is 1. The van der Waals surface area contributed by atoms with E-state index in [-0.39, 0.29) is 20.6 Å². The van der Waals surface area contributed by atoms with Crippen LogP contribution in [0.2, 0.25) is 0 Å². The average Bonchev–Trinajstić information content (AvgIpc) is 3.25. The molecule has 0 fully saturated rings. The molecule has 2 aromatic carbocycles. The fraction of sp³-hybridized carbons (Fsp3) is 0.0526. The Morgan fingerprint density at radius 3 is 2.53 bits per heavy atom. The summed E-state index contributed by atoms with van der Waals surface area (Å²) in [4.78, 5) is 12.5. The van der Waals surface area contributed by atoms with E-state index in [0.29, 0.717) is 11.3 Å². The number of thiocarbonyl (C=S) groups is 1. The zero-order chi connectivity index (χ0) is 21.7. The van der Waals surface area contributed by atoms with E-state index in [0.717, 1.165) is 11.3 Å². The van der Waals surface area contributed by atoms with Crippen LogP contribution >= 0.6 is 23.6 Å². The molecule has 0 unspecified atom stereocenters. The Morgan fingerprint density at radius 1 is 1.07 bits per heavy atom. The van der Waals surface area contributed by atoms with Crippen molar-refractivity contribution in [3.8, 4) is 0 Å². The van der Waals surface area contributed by atoms with Crippen LogP contribution in [0.25, 0.3) is 0 Å². The van der Waals surface area contributed by atoms with E-state index in [1.165, 1.54) is 24.3 Å². The van der Waals surface area contributed by atoms with Crippen molar-refractivity contribution in [1.82, 2.24) is 10.9 Å². The maximum absolute atomic E-state index is 13.6. The number of hydrogen-bond donors (Lipinski definition) is 4. The van der Waals surface area contributed by atoms with Crippen molar-refractivity contribution in [2.75, 3.05) is 10.0 Å². The molecule has 0 atom stereocenters. The van der Waals surface area contributed by atoms with E-state index in [9.17, 15) is 17.6 Å². The van der Waals surface area contributed by atoms with Crippen LogP contribution in [0.4, 0.5) is 15.8 Å². The number of anilines is 2. The van der Waals surface area contributed by atoms with Gasteiger partial charge in [-0.1, -0.05) is 24.3 Å². The third kappa shape index (κ3) is 5.32. The number of sulfonamides is 1. The lowest BCUT2D eigenvalue weighted by Crippen LogP contribution is -2.44. The van der Waals surface area contributed by atoms with Crippen LogP contribution in [0.1, 0.15) is 15.9 Å². The minimum Gasteiger partial charge on any atom is -0.331 e. The first-order chi connectivity index (χ1) is 14.3. The van der Waals surface area contributed by atoms with E-state index >= 15 is 0 Å². The second-order valence-electron chi connectivity index (χ2n) is 6.08. The van der Waals surface area contributed by atoms with Crippen molar-refractivity contribution in [3.63, 3.8) is 0 Å². The van der Waals surface area contributed by atoms with Gasteiger partial charge in [0.15, 0.2) is 5.11 Å². The molecule has 0 aliphatic carbocycles. The number of amides is 1. The van der Waals surface area contributed by atoms with Crippen LogP contribution in [-0.2, 0) is 10.0 Å². The largest absolute Gasteiger partial charge is 0.331 e. The van der Waals surface area contributed by atoms with Crippen LogP contribution in [0.5, 0.6) is 0 Å². The molecule has 1 aromatic heterocycles. The van der Waals surface area contributed by atoms with E-state index in [1.54, 1.807) is 42.6 Å². The van der Waals surface area contributed by atoms with E-state index in [2.05, 4.69) is 20.9 Å². The summed E-state index contributed by atoms with van der Waals surface area (Å²) in [7, 11) is -3.81. The Bertz CT molecular complexity index is 1180. The quantitative estimate of drug-likeness (QED) is 0.340. The summed E-state index contributed by atoms with van der Waals surface area (Å²) >= 11 is 6.15. The van der Waals surface area contributed by atoms with Crippen molar-refractivity contribution in [2.24, 2.45) is 0 Å². The molecule has 0 spiro atoms. The smallest absolute Gasteiger partial charge is 0.271 e. The van der Waals surface area contributed by atoms with Gasteiger partial charge in [0.2, 0.25) is 0 Å². The van der Waals surface area contributed by atoms with Crippen molar-refractivity contribution in [3.05, 3.63) is 76.9 Å². The predicted octanol–water partition coefficient (Wildman–Crippen LogP) is 3.63. The van der Waals surface area contributed by atoms with Crippen LogP contribution < -0.4 is 20.9 Å². The minimum absolute atomic E-state index is 0.0308. The molecule has 0 saturated carbocycles. The standard InChI is InChI=1S/C19H17FN4O3S3/c1-12-8-9-13(11-15(12)20)21-19(28)23-22-18(25)14-5-2-3-6-16(14)24-30(26,27)17-7-4-10-29-17/h2-11,24H,1H3,(H,22,25)(H2,21,23,28). The summed E-state index contributed by atoms with van der Waals surface area (Å²) in [6.07, 6.45) is 0. The Morgan fingerprint density at radius 2 is 1.83 bits per heavy atom. The van der Waals surface area contributed by atoms with Gasteiger partial charge in [-0.05, 0) is 60.4 Å². The molecular weight excluding hydrogens is 447 g/mol. The summed E-state index contributed by atoms with van der Waals surface area (Å²) < 4.78 is 41.1. The van der Waals surface area contributed by atoms with Crippen LogP contribution in [0.3, 0.4) is 0 Å². The molecule has 1 heterocycles. The van der Waals surface area contributed by atoms with Gasteiger partial charge in [0.25, 0.3) is 15.9 Å². The zero-order valence-corrected chi connectivity index (χ0v) is 18.1. The number of thiophene rings is 1. The molecule has 4 N–H and O–H groups in total. The monoisotopic (exact) mass is 464 g/mol. The highest BCUT2D eigenvalue weighted by molar-refractivity contribution is 7.94. The lowest BCUT2D eigenvalue weighted by molar-refractivity contribution is 0.0945. The van der Waals surface area contributed by atoms with Crippen molar-refractivity contribution >= 4 is 56.0 Å². The summed E-state index contributed by atoms with van der Waals surface area (Å²) in [5.41, 5.74) is 6.00. The molecule has 7 nitrogen and oxygen atoms in total. The number of rotatable bonds is 5. The lowest BCUT2D eigenvalue weighted by atomic mass is 10.2.